The van der Waals surface area contributed by atoms with Crippen LogP contribution in [-0.4, -0.2) is 40.3 Å². The first-order valence-electron chi connectivity index (χ1n) is 8.16. The van der Waals surface area contributed by atoms with E-state index in [-0.39, 0.29) is 18.6 Å². The standard InChI is InChI=1S/C18H22N2O4/c1-12-17(13(2)24-19-12)11-23-16-7-5-14(6-8-16)18(22)20-9-3-4-15(20)10-21/h5-8,15,21H,3-4,9-11H2,1-2H3/t15-/m1/s1. The van der Waals surface area contributed by atoms with E-state index in [1.165, 1.54) is 0 Å². The van der Waals surface area contributed by atoms with Crippen LogP contribution in [0.5, 0.6) is 5.75 Å². The van der Waals surface area contributed by atoms with Crippen LogP contribution in [0.2, 0.25) is 0 Å². The predicted molar refractivity (Wildman–Crippen MR) is 87.9 cm³/mol. The maximum atomic E-state index is 12.5. The first-order chi connectivity index (χ1) is 11.6. The number of carbonyl (C=O) groups is 1. The number of aromatic nitrogens is 1. The largest absolute Gasteiger partial charge is 0.489 e. The summed E-state index contributed by atoms with van der Waals surface area (Å²) in [5.74, 6) is 1.40. The van der Waals surface area contributed by atoms with Gasteiger partial charge in [-0.3, -0.25) is 4.79 Å². The molecule has 0 unspecified atom stereocenters. The van der Waals surface area contributed by atoms with E-state index in [0.29, 0.717) is 24.5 Å². The van der Waals surface area contributed by atoms with Gasteiger partial charge in [-0.05, 0) is 51.0 Å². The molecule has 2 aromatic rings. The van der Waals surface area contributed by atoms with Crippen molar-refractivity contribution in [2.24, 2.45) is 0 Å². The van der Waals surface area contributed by atoms with E-state index in [1.54, 1.807) is 29.2 Å². The molecule has 1 saturated heterocycles. The molecule has 1 atom stereocenters. The highest BCUT2D eigenvalue weighted by molar-refractivity contribution is 5.94. The lowest BCUT2D eigenvalue weighted by Gasteiger charge is -2.23. The molecule has 6 heteroatoms. The van der Waals surface area contributed by atoms with Crippen molar-refractivity contribution in [2.75, 3.05) is 13.2 Å². The SMILES string of the molecule is Cc1noc(C)c1COc1ccc(C(=O)N2CCC[C@@H]2CO)cc1. The Morgan fingerprint density at radius 2 is 2.12 bits per heavy atom. The summed E-state index contributed by atoms with van der Waals surface area (Å²) >= 11 is 0. The fourth-order valence-electron chi connectivity index (χ4n) is 3.02. The summed E-state index contributed by atoms with van der Waals surface area (Å²) in [6.45, 7) is 4.84. The van der Waals surface area contributed by atoms with E-state index in [1.807, 2.05) is 13.8 Å². The third-order valence-corrected chi connectivity index (χ3v) is 4.51. The van der Waals surface area contributed by atoms with Crippen molar-refractivity contribution in [3.05, 3.63) is 46.8 Å². The lowest BCUT2D eigenvalue weighted by Crippen LogP contribution is -2.37. The first kappa shape index (κ1) is 16.5. The van der Waals surface area contributed by atoms with Crippen molar-refractivity contribution in [3.8, 4) is 5.75 Å². The molecular formula is C18H22N2O4. The van der Waals surface area contributed by atoms with Crippen LogP contribution in [-0.2, 0) is 6.61 Å². The van der Waals surface area contributed by atoms with Crippen LogP contribution in [0.15, 0.2) is 28.8 Å². The van der Waals surface area contributed by atoms with E-state index in [4.69, 9.17) is 9.26 Å². The molecule has 1 aliphatic heterocycles. The monoisotopic (exact) mass is 330 g/mol. The second kappa shape index (κ2) is 7.05. The average Bonchev–Trinajstić information content (AvgIpc) is 3.20. The van der Waals surface area contributed by atoms with Gasteiger partial charge in [-0.15, -0.1) is 0 Å². The van der Waals surface area contributed by atoms with Gasteiger partial charge in [0.2, 0.25) is 0 Å². The van der Waals surface area contributed by atoms with Gasteiger partial charge in [-0.25, -0.2) is 0 Å². The molecule has 0 spiro atoms. The van der Waals surface area contributed by atoms with E-state index >= 15 is 0 Å². The number of carbonyl (C=O) groups excluding carboxylic acids is 1. The lowest BCUT2D eigenvalue weighted by atomic mass is 10.1. The Hall–Kier alpha value is -2.34. The molecule has 24 heavy (non-hydrogen) atoms. The van der Waals surface area contributed by atoms with Crippen LogP contribution >= 0.6 is 0 Å². The number of amides is 1. The summed E-state index contributed by atoms with van der Waals surface area (Å²) in [5.41, 5.74) is 2.38. The van der Waals surface area contributed by atoms with Crippen molar-refractivity contribution in [1.29, 1.82) is 0 Å². The number of likely N-dealkylation sites (tertiary alicyclic amines) is 1. The van der Waals surface area contributed by atoms with Gasteiger partial charge in [0.1, 0.15) is 18.1 Å². The molecule has 128 valence electrons. The number of rotatable bonds is 5. The zero-order chi connectivity index (χ0) is 17.1. The molecule has 0 radical (unpaired) electrons. The average molecular weight is 330 g/mol. The van der Waals surface area contributed by atoms with Gasteiger partial charge in [0, 0.05) is 12.1 Å². The molecular weight excluding hydrogens is 308 g/mol. The Morgan fingerprint density at radius 1 is 1.38 bits per heavy atom. The van der Waals surface area contributed by atoms with E-state index in [2.05, 4.69) is 5.16 Å². The summed E-state index contributed by atoms with van der Waals surface area (Å²) in [5, 5.41) is 13.3. The molecule has 3 rings (SSSR count). The summed E-state index contributed by atoms with van der Waals surface area (Å²) in [7, 11) is 0. The molecule has 1 aromatic heterocycles. The van der Waals surface area contributed by atoms with Crippen LogP contribution in [0.25, 0.3) is 0 Å². The van der Waals surface area contributed by atoms with Crippen molar-refractivity contribution in [3.63, 3.8) is 0 Å². The Kier molecular flexibility index (Phi) is 4.85. The van der Waals surface area contributed by atoms with E-state index in [9.17, 15) is 9.90 Å². The van der Waals surface area contributed by atoms with Crippen molar-refractivity contribution < 1.29 is 19.2 Å². The molecule has 0 saturated carbocycles. The highest BCUT2D eigenvalue weighted by Gasteiger charge is 2.28. The maximum Gasteiger partial charge on any atom is 0.254 e. The zero-order valence-electron chi connectivity index (χ0n) is 14.0. The summed E-state index contributed by atoms with van der Waals surface area (Å²) in [6, 6.07) is 7.04. The Bertz CT molecular complexity index is 689. The molecule has 1 aliphatic rings. The first-order valence-corrected chi connectivity index (χ1v) is 8.16. The van der Waals surface area contributed by atoms with Crippen LogP contribution in [0.4, 0.5) is 0 Å². The second-order valence-electron chi connectivity index (χ2n) is 6.09. The Morgan fingerprint density at radius 3 is 2.75 bits per heavy atom. The second-order valence-corrected chi connectivity index (χ2v) is 6.09. The third-order valence-electron chi connectivity index (χ3n) is 4.51. The highest BCUT2D eigenvalue weighted by Crippen LogP contribution is 2.22. The summed E-state index contributed by atoms with van der Waals surface area (Å²) < 4.78 is 10.9. The number of hydrogen-bond acceptors (Lipinski definition) is 5. The lowest BCUT2D eigenvalue weighted by molar-refractivity contribution is 0.0677. The molecule has 0 bridgehead atoms. The highest BCUT2D eigenvalue weighted by atomic mass is 16.5. The molecule has 0 aliphatic carbocycles. The van der Waals surface area contributed by atoms with Gasteiger partial charge in [0.25, 0.3) is 5.91 Å². The fourth-order valence-corrected chi connectivity index (χ4v) is 3.02. The van der Waals surface area contributed by atoms with Gasteiger partial charge in [0.15, 0.2) is 0 Å². The van der Waals surface area contributed by atoms with Crippen LogP contribution in [0.1, 0.15) is 40.2 Å². The van der Waals surface area contributed by atoms with Crippen LogP contribution < -0.4 is 4.74 Å². The molecule has 1 amide bonds. The van der Waals surface area contributed by atoms with Crippen molar-refractivity contribution in [1.82, 2.24) is 10.1 Å². The van der Waals surface area contributed by atoms with Gasteiger partial charge < -0.3 is 19.3 Å². The van der Waals surface area contributed by atoms with E-state index < -0.39 is 0 Å². The molecule has 6 nitrogen and oxygen atoms in total. The number of aliphatic hydroxyl groups is 1. The summed E-state index contributed by atoms with van der Waals surface area (Å²) in [4.78, 5) is 14.3. The number of hydrogen-bond donors (Lipinski definition) is 1. The van der Waals surface area contributed by atoms with Gasteiger partial charge in [-0.1, -0.05) is 5.16 Å². The quantitative estimate of drug-likeness (QED) is 0.911. The zero-order valence-corrected chi connectivity index (χ0v) is 14.0. The smallest absolute Gasteiger partial charge is 0.254 e. The Balaban J connectivity index is 1.64. The Labute approximate surface area is 141 Å². The molecule has 1 aromatic carbocycles. The molecule has 2 heterocycles. The normalized spacial score (nSPS) is 17.3. The predicted octanol–water partition coefficient (Wildman–Crippen LogP) is 2.47. The topological polar surface area (TPSA) is 75.8 Å². The number of nitrogens with zero attached hydrogens (tertiary/aromatic N) is 2. The maximum absolute atomic E-state index is 12.5. The molecule has 1 fully saturated rings. The van der Waals surface area contributed by atoms with Crippen molar-refractivity contribution in [2.45, 2.75) is 39.3 Å². The van der Waals surface area contributed by atoms with Crippen LogP contribution in [0.3, 0.4) is 0 Å². The minimum absolute atomic E-state index is 0.0182. The minimum Gasteiger partial charge on any atom is -0.489 e. The number of aryl methyl sites for hydroxylation is 2. The van der Waals surface area contributed by atoms with Gasteiger partial charge in [-0.2, -0.15) is 0 Å². The summed E-state index contributed by atoms with van der Waals surface area (Å²) in [6.07, 6.45) is 1.80. The number of ether oxygens (including phenoxy) is 1. The fraction of sp³-hybridized carbons (Fsp3) is 0.444. The number of benzene rings is 1. The minimum atomic E-state index is -0.0621. The number of aliphatic hydroxyl groups excluding tert-OH is 1. The van der Waals surface area contributed by atoms with Crippen molar-refractivity contribution >= 4 is 5.91 Å². The molecule has 1 N–H and O–H groups in total. The van der Waals surface area contributed by atoms with Crippen LogP contribution in [0, 0.1) is 13.8 Å². The van der Waals surface area contributed by atoms with E-state index in [0.717, 1.165) is 29.9 Å². The van der Waals surface area contributed by atoms with Gasteiger partial charge >= 0.3 is 0 Å². The third kappa shape index (κ3) is 3.28. The van der Waals surface area contributed by atoms with Gasteiger partial charge in [0.05, 0.1) is 23.9 Å².